The zero-order chi connectivity index (χ0) is 11.5. The van der Waals surface area contributed by atoms with Gasteiger partial charge in [-0.25, -0.2) is 0 Å². The van der Waals surface area contributed by atoms with Crippen molar-refractivity contribution >= 4 is 5.69 Å². The number of benzene rings is 1. The average molecular weight is 217 g/mol. The molecule has 2 aromatic rings. The van der Waals surface area contributed by atoms with Gasteiger partial charge in [0.15, 0.2) is 0 Å². The van der Waals surface area contributed by atoms with Crippen LogP contribution >= 0.6 is 0 Å². The van der Waals surface area contributed by atoms with Crippen molar-refractivity contribution < 1.29 is 4.92 Å². The van der Waals surface area contributed by atoms with Gasteiger partial charge in [0, 0.05) is 24.5 Å². The molecule has 0 saturated heterocycles. The van der Waals surface area contributed by atoms with Crippen LogP contribution in [0.25, 0.3) is 5.69 Å². The highest BCUT2D eigenvalue weighted by Crippen LogP contribution is 2.18. The standard InChI is InChI=1S/C11H11N3O2/c12-7-9-3-1-2-4-11(9)13-6-5-10(8-13)14(15)16/h1-6,8H,7,12H2. The predicted octanol–water partition coefficient (Wildman–Crippen LogP) is 1.84. The highest BCUT2D eigenvalue weighted by Gasteiger charge is 2.09. The van der Waals surface area contributed by atoms with Crippen LogP contribution < -0.4 is 5.73 Å². The van der Waals surface area contributed by atoms with Crippen LogP contribution in [0.1, 0.15) is 5.56 Å². The van der Waals surface area contributed by atoms with Crippen molar-refractivity contribution in [3.63, 3.8) is 0 Å². The van der Waals surface area contributed by atoms with Crippen molar-refractivity contribution in [2.24, 2.45) is 5.73 Å². The van der Waals surface area contributed by atoms with Gasteiger partial charge in [-0.1, -0.05) is 18.2 Å². The van der Waals surface area contributed by atoms with Crippen molar-refractivity contribution in [1.29, 1.82) is 0 Å². The van der Waals surface area contributed by atoms with Gasteiger partial charge in [0.1, 0.15) is 0 Å². The minimum Gasteiger partial charge on any atom is -0.326 e. The topological polar surface area (TPSA) is 74.1 Å². The summed E-state index contributed by atoms with van der Waals surface area (Å²) in [5.74, 6) is 0. The highest BCUT2D eigenvalue weighted by molar-refractivity contribution is 5.44. The molecule has 1 heterocycles. The summed E-state index contributed by atoms with van der Waals surface area (Å²) < 4.78 is 1.71. The van der Waals surface area contributed by atoms with Gasteiger partial charge in [-0.05, 0) is 11.6 Å². The molecule has 0 fully saturated rings. The van der Waals surface area contributed by atoms with Crippen LogP contribution in [-0.2, 0) is 6.54 Å². The zero-order valence-corrected chi connectivity index (χ0v) is 8.54. The molecule has 0 radical (unpaired) electrons. The molecule has 0 spiro atoms. The lowest BCUT2D eigenvalue weighted by atomic mass is 10.2. The second-order valence-electron chi connectivity index (χ2n) is 3.37. The fraction of sp³-hybridized carbons (Fsp3) is 0.0909. The highest BCUT2D eigenvalue weighted by atomic mass is 16.6. The monoisotopic (exact) mass is 217 g/mol. The van der Waals surface area contributed by atoms with Gasteiger partial charge in [0.25, 0.3) is 5.69 Å². The minimum atomic E-state index is -0.415. The van der Waals surface area contributed by atoms with E-state index < -0.39 is 4.92 Å². The third kappa shape index (κ3) is 1.80. The number of para-hydroxylation sites is 1. The molecule has 0 saturated carbocycles. The molecule has 0 aliphatic heterocycles. The van der Waals surface area contributed by atoms with Crippen molar-refractivity contribution in [3.05, 3.63) is 58.4 Å². The summed E-state index contributed by atoms with van der Waals surface area (Å²) in [4.78, 5) is 10.2. The van der Waals surface area contributed by atoms with E-state index in [2.05, 4.69) is 0 Å². The molecular formula is C11H11N3O2. The number of rotatable bonds is 3. The fourth-order valence-corrected chi connectivity index (χ4v) is 1.58. The maximum absolute atomic E-state index is 10.6. The van der Waals surface area contributed by atoms with E-state index in [4.69, 9.17) is 5.73 Å². The van der Waals surface area contributed by atoms with Crippen molar-refractivity contribution in [2.75, 3.05) is 0 Å². The van der Waals surface area contributed by atoms with Crippen LogP contribution in [0, 0.1) is 10.1 Å². The van der Waals surface area contributed by atoms with Gasteiger partial charge in [-0.2, -0.15) is 0 Å². The summed E-state index contributed by atoms with van der Waals surface area (Å²) in [6.07, 6.45) is 3.14. The zero-order valence-electron chi connectivity index (χ0n) is 8.54. The molecule has 82 valence electrons. The molecule has 5 heteroatoms. The lowest BCUT2D eigenvalue weighted by molar-refractivity contribution is -0.384. The lowest BCUT2D eigenvalue weighted by Gasteiger charge is -2.07. The fourth-order valence-electron chi connectivity index (χ4n) is 1.58. The third-order valence-corrected chi connectivity index (χ3v) is 2.38. The smallest absolute Gasteiger partial charge is 0.287 e. The summed E-state index contributed by atoms with van der Waals surface area (Å²) in [6.45, 7) is 0.405. The molecule has 0 unspecified atom stereocenters. The van der Waals surface area contributed by atoms with Gasteiger partial charge in [0.2, 0.25) is 0 Å². The molecule has 2 rings (SSSR count). The van der Waals surface area contributed by atoms with Crippen LogP contribution in [0.4, 0.5) is 5.69 Å². The molecule has 1 aromatic carbocycles. The number of nitrogens with zero attached hydrogens (tertiary/aromatic N) is 2. The molecule has 0 aliphatic carbocycles. The number of aromatic nitrogens is 1. The van der Waals surface area contributed by atoms with E-state index in [-0.39, 0.29) is 5.69 Å². The third-order valence-electron chi connectivity index (χ3n) is 2.38. The van der Waals surface area contributed by atoms with Gasteiger partial charge >= 0.3 is 0 Å². The Labute approximate surface area is 92.3 Å². The van der Waals surface area contributed by atoms with Gasteiger partial charge in [-0.3, -0.25) is 10.1 Å². The van der Waals surface area contributed by atoms with Crippen LogP contribution in [0.5, 0.6) is 0 Å². The van der Waals surface area contributed by atoms with Gasteiger partial charge in [0.05, 0.1) is 11.1 Å². The molecule has 0 aliphatic rings. The Balaban J connectivity index is 2.46. The number of hydrogen-bond acceptors (Lipinski definition) is 3. The molecule has 0 bridgehead atoms. The first-order valence-electron chi connectivity index (χ1n) is 4.83. The van der Waals surface area contributed by atoms with E-state index in [1.165, 1.54) is 12.3 Å². The summed E-state index contributed by atoms with van der Waals surface area (Å²) in [7, 11) is 0. The molecule has 0 atom stereocenters. The van der Waals surface area contributed by atoms with Gasteiger partial charge < -0.3 is 10.3 Å². The van der Waals surface area contributed by atoms with E-state index in [0.29, 0.717) is 6.54 Å². The Hall–Kier alpha value is -2.14. The van der Waals surface area contributed by atoms with Crippen LogP contribution in [0.15, 0.2) is 42.7 Å². The van der Waals surface area contributed by atoms with Crippen LogP contribution in [0.3, 0.4) is 0 Å². The van der Waals surface area contributed by atoms with E-state index in [1.807, 2.05) is 24.3 Å². The first-order chi connectivity index (χ1) is 7.72. The second kappa shape index (κ2) is 4.16. The maximum Gasteiger partial charge on any atom is 0.287 e. The number of hydrogen-bond donors (Lipinski definition) is 1. The lowest BCUT2D eigenvalue weighted by Crippen LogP contribution is -2.02. The molecule has 2 N–H and O–H groups in total. The summed E-state index contributed by atoms with van der Waals surface area (Å²) >= 11 is 0. The summed E-state index contributed by atoms with van der Waals surface area (Å²) in [5, 5.41) is 10.6. The Morgan fingerprint density at radius 3 is 2.69 bits per heavy atom. The predicted molar refractivity (Wildman–Crippen MR) is 60.3 cm³/mol. The minimum absolute atomic E-state index is 0.0758. The van der Waals surface area contributed by atoms with Crippen molar-refractivity contribution in [1.82, 2.24) is 4.57 Å². The molecule has 5 nitrogen and oxygen atoms in total. The van der Waals surface area contributed by atoms with Crippen LogP contribution in [-0.4, -0.2) is 9.49 Å². The number of nitrogens with two attached hydrogens (primary N) is 1. The SMILES string of the molecule is NCc1ccccc1-n1ccc([N+](=O)[O-])c1. The largest absolute Gasteiger partial charge is 0.326 e. The Kier molecular flexibility index (Phi) is 2.70. The van der Waals surface area contributed by atoms with Crippen molar-refractivity contribution in [2.45, 2.75) is 6.54 Å². The summed E-state index contributed by atoms with van der Waals surface area (Å²) in [5.41, 5.74) is 7.51. The summed E-state index contributed by atoms with van der Waals surface area (Å²) in [6, 6.07) is 9.02. The van der Waals surface area contributed by atoms with E-state index >= 15 is 0 Å². The molecule has 16 heavy (non-hydrogen) atoms. The first kappa shape index (κ1) is 10.4. The quantitative estimate of drug-likeness (QED) is 0.629. The van der Waals surface area contributed by atoms with E-state index in [0.717, 1.165) is 11.3 Å². The molecular weight excluding hydrogens is 206 g/mol. The van der Waals surface area contributed by atoms with Crippen molar-refractivity contribution in [3.8, 4) is 5.69 Å². The molecule has 1 aromatic heterocycles. The van der Waals surface area contributed by atoms with E-state index in [9.17, 15) is 10.1 Å². The number of nitro groups is 1. The first-order valence-corrected chi connectivity index (χ1v) is 4.83. The Morgan fingerprint density at radius 2 is 2.06 bits per heavy atom. The maximum atomic E-state index is 10.6. The van der Waals surface area contributed by atoms with Gasteiger partial charge in [-0.15, -0.1) is 0 Å². The normalized spacial score (nSPS) is 10.3. The molecule has 0 amide bonds. The van der Waals surface area contributed by atoms with Crippen LogP contribution in [0.2, 0.25) is 0 Å². The Bertz CT molecular complexity index is 519. The van der Waals surface area contributed by atoms with E-state index in [1.54, 1.807) is 10.8 Å². The second-order valence-corrected chi connectivity index (χ2v) is 3.37. The average Bonchev–Trinajstić information content (AvgIpc) is 2.78. The Morgan fingerprint density at radius 1 is 1.31 bits per heavy atom.